The number of ether oxygens (including phenoxy) is 2. The number of rotatable bonds is 1. The number of ketones is 1. The lowest BCUT2D eigenvalue weighted by atomic mass is 9.46. The minimum Gasteiger partial charge on any atom is -0.458 e. The molecule has 8 atom stereocenters. The summed E-state index contributed by atoms with van der Waals surface area (Å²) in [5.74, 6) is 0.769. The quantitative estimate of drug-likeness (QED) is 0.463. The third kappa shape index (κ3) is 2.13. The summed E-state index contributed by atoms with van der Waals surface area (Å²) >= 11 is 1.44. The van der Waals surface area contributed by atoms with Crippen LogP contribution >= 0.6 is 11.8 Å². The Bertz CT molecular complexity index is 911. The third-order valence-electron chi connectivity index (χ3n) is 9.97. The molecule has 30 heavy (non-hydrogen) atoms. The maximum atomic E-state index is 12.3. The van der Waals surface area contributed by atoms with Crippen molar-refractivity contribution in [3.05, 3.63) is 11.6 Å². The fourth-order valence-electron chi connectivity index (χ4n) is 8.57. The van der Waals surface area contributed by atoms with Gasteiger partial charge >= 0.3 is 5.97 Å². The standard InChI is InChI=1S/C24H30O5S/c1-13(25)30-17-11-14-10-15(26)4-7-21(14,2)24-18(28-24)12-22(3)16(20(17)24)5-8-23(22)9-6-19(27)29-23/h10,16-18,20H,4-9,11-12H2,1-3H3/t16-,17+,18+,20+,21-,22-,23+,24+/m0/s1. The van der Waals surface area contributed by atoms with Gasteiger partial charge in [-0.1, -0.05) is 31.2 Å². The monoisotopic (exact) mass is 430 g/mol. The molecule has 6 aliphatic rings. The van der Waals surface area contributed by atoms with Gasteiger partial charge in [0.1, 0.15) is 11.2 Å². The summed E-state index contributed by atoms with van der Waals surface area (Å²) in [5, 5.41) is 0.251. The Hall–Kier alpha value is -1.14. The van der Waals surface area contributed by atoms with Gasteiger partial charge in [-0.3, -0.25) is 14.4 Å². The SMILES string of the molecule is CC(=O)S[C@@H]1CC2=CC(=O)CC[C@]2(C)[C@@]23O[C@@H]2C[C@@]2(C)[C@@H](CC[C@@]24CCC(=O)O4)[C@H]13. The van der Waals surface area contributed by atoms with Crippen LogP contribution in [0.15, 0.2) is 11.6 Å². The van der Waals surface area contributed by atoms with E-state index >= 15 is 0 Å². The van der Waals surface area contributed by atoms with Crippen LogP contribution in [-0.4, -0.2) is 39.4 Å². The predicted molar refractivity (Wildman–Crippen MR) is 112 cm³/mol. The van der Waals surface area contributed by atoms with Crippen LogP contribution in [0.5, 0.6) is 0 Å². The first kappa shape index (κ1) is 19.5. The molecule has 5 fully saturated rings. The Morgan fingerprint density at radius 3 is 2.67 bits per heavy atom. The van der Waals surface area contributed by atoms with E-state index in [0.29, 0.717) is 18.8 Å². The summed E-state index contributed by atoms with van der Waals surface area (Å²) in [6.45, 7) is 6.27. The van der Waals surface area contributed by atoms with Crippen molar-refractivity contribution in [1.82, 2.24) is 0 Å². The van der Waals surface area contributed by atoms with Crippen LogP contribution in [0.4, 0.5) is 0 Å². The van der Waals surface area contributed by atoms with Crippen LogP contribution in [0.1, 0.15) is 72.1 Å². The smallest absolute Gasteiger partial charge is 0.306 e. The molecule has 3 saturated carbocycles. The Labute approximate surface area is 181 Å². The van der Waals surface area contributed by atoms with Crippen LogP contribution in [0.25, 0.3) is 0 Å². The molecule has 0 aromatic carbocycles. The molecule has 4 aliphatic carbocycles. The van der Waals surface area contributed by atoms with Crippen molar-refractivity contribution in [2.45, 2.75) is 94.7 Å². The summed E-state index contributed by atoms with van der Waals surface area (Å²) < 4.78 is 12.8. The fraction of sp³-hybridized carbons (Fsp3) is 0.792. The molecule has 2 saturated heterocycles. The first-order chi connectivity index (χ1) is 14.2. The Balaban J connectivity index is 1.47. The summed E-state index contributed by atoms with van der Waals surface area (Å²) in [6, 6.07) is 0. The lowest BCUT2D eigenvalue weighted by molar-refractivity contribution is -0.164. The van der Waals surface area contributed by atoms with E-state index in [-0.39, 0.29) is 56.2 Å². The van der Waals surface area contributed by atoms with E-state index in [1.807, 2.05) is 6.08 Å². The zero-order valence-electron chi connectivity index (χ0n) is 18.0. The van der Waals surface area contributed by atoms with Gasteiger partial charge in [-0.2, -0.15) is 0 Å². The predicted octanol–water partition coefficient (Wildman–Crippen LogP) is 3.98. The number of fused-ring (bicyclic) bond motifs is 4. The molecule has 5 nitrogen and oxygen atoms in total. The number of epoxide rings is 1. The van der Waals surface area contributed by atoms with E-state index in [1.165, 1.54) is 17.3 Å². The van der Waals surface area contributed by atoms with E-state index in [2.05, 4.69) is 13.8 Å². The van der Waals surface area contributed by atoms with Crippen LogP contribution in [0.3, 0.4) is 0 Å². The number of esters is 1. The zero-order chi connectivity index (χ0) is 21.1. The molecule has 2 aliphatic heterocycles. The summed E-state index contributed by atoms with van der Waals surface area (Å²) in [4.78, 5) is 36.6. The van der Waals surface area contributed by atoms with Gasteiger partial charge in [0.25, 0.3) is 0 Å². The van der Waals surface area contributed by atoms with E-state index in [1.54, 1.807) is 6.92 Å². The van der Waals surface area contributed by atoms with E-state index < -0.39 is 0 Å². The Morgan fingerprint density at radius 1 is 1.17 bits per heavy atom. The molecular formula is C24H30O5S. The second-order valence-corrected chi connectivity index (χ2v) is 12.4. The molecule has 0 amide bonds. The molecule has 0 unspecified atom stereocenters. The van der Waals surface area contributed by atoms with Crippen molar-refractivity contribution in [3.8, 4) is 0 Å². The van der Waals surface area contributed by atoms with Crippen LogP contribution in [0.2, 0.25) is 0 Å². The number of carbonyl (C=O) groups is 3. The van der Waals surface area contributed by atoms with Gasteiger partial charge in [-0.05, 0) is 50.5 Å². The number of carbonyl (C=O) groups excluding carboxylic acids is 3. The Morgan fingerprint density at radius 2 is 1.97 bits per heavy atom. The highest BCUT2D eigenvalue weighted by atomic mass is 32.2. The molecule has 162 valence electrons. The van der Waals surface area contributed by atoms with Gasteiger partial charge in [0, 0.05) is 41.8 Å². The van der Waals surface area contributed by atoms with Crippen molar-refractivity contribution >= 4 is 28.6 Å². The molecule has 2 spiro atoms. The van der Waals surface area contributed by atoms with Gasteiger partial charge in [-0.15, -0.1) is 0 Å². The van der Waals surface area contributed by atoms with Gasteiger partial charge in [0.15, 0.2) is 10.9 Å². The van der Waals surface area contributed by atoms with Crippen molar-refractivity contribution in [3.63, 3.8) is 0 Å². The first-order valence-corrected chi connectivity index (χ1v) is 12.3. The van der Waals surface area contributed by atoms with Crippen LogP contribution in [-0.2, 0) is 23.9 Å². The maximum absolute atomic E-state index is 12.3. The molecular weight excluding hydrogens is 400 g/mol. The molecule has 0 bridgehead atoms. The van der Waals surface area contributed by atoms with Gasteiger partial charge in [0.05, 0.1) is 6.10 Å². The summed E-state index contributed by atoms with van der Waals surface area (Å²) in [7, 11) is 0. The van der Waals surface area contributed by atoms with Crippen molar-refractivity contribution < 1.29 is 23.9 Å². The summed E-state index contributed by atoms with van der Waals surface area (Å²) in [6.07, 6.45) is 8.38. The third-order valence-corrected chi connectivity index (χ3v) is 11.1. The second-order valence-electron chi connectivity index (χ2n) is 11.0. The largest absolute Gasteiger partial charge is 0.458 e. The molecule has 0 aromatic rings. The lowest BCUT2D eigenvalue weighted by Gasteiger charge is -2.58. The van der Waals surface area contributed by atoms with Gasteiger partial charge in [-0.25, -0.2) is 0 Å². The molecule has 0 N–H and O–H groups in total. The van der Waals surface area contributed by atoms with E-state index in [4.69, 9.17) is 9.47 Å². The van der Waals surface area contributed by atoms with E-state index in [9.17, 15) is 14.4 Å². The lowest BCUT2D eigenvalue weighted by Crippen LogP contribution is -2.63. The number of hydrogen-bond acceptors (Lipinski definition) is 6. The molecule has 6 heteroatoms. The molecule has 2 heterocycles. The topological polar surface area (TPSA) is 73.0 Å². The highest BCUT2D eigenvalue weighted by Crippen LogP contribution is 2.78. The van der Waals surface area contributed by atoms with E-state index in [0.717, 1.165) is 38.5 Å². The number of thioether (sulfide) groups is 1. The highest BCUT2D eigenvalue weighted by Gasteiger charge is 2.83. The summed E-state index contributed by atoms with van der Waals surface area (Å²) in [5.41, 5.74) is 0.320. The highest BCUT2D eigenvalue weighted by molar-refractivity contribution is 8.14. The molecule has 0 radical (unpaired) electrons. The first-order valence-electron chi connectivity index (χ1n) is 11.5. The van der Waals surface area contributed by atoms with Gasteiger partial charge in [0.2, 0.25) is 0 Å². The minimum absolute atomic E-state index is 0.0632. The second kappa shape index (κ2) is 5.80. The van der Waals surface area contributed by atoms with Crippen molar-refractivity contribution in [2.24, 2.45) is 22.7 Å². The maximum Gasteiger partial charge on any atom is 0.306 e. The van der Waals surface area contributed by atoms with Crippen LogP contribution in [0, 0.1) is 22.7 Å². The average molecular weight is 431 g/mol. The van der Waals surface area contributed by atoms with Gasteiger partial charge < -0.3 is 9.47 Å². The Kier molecular flexibility index (Phi) is 3.78. The van der Waals surface area contributed by atoms with Crippen LogP contribution < -0.4 is 0 Å². The normalized spacial score (nSPS) is 53.4. The minimum atomic E-state index is -0.363. The average Bonchev–Trinajstić information content (AvgIpc) is 3.15. The number of hydrogen-bond donors (Lipinski definition) is 0. The molecule has 6 rings (SSSR count). The van der Waals surface area contributed by atoms with Crippen molar-refractivity contribution in [1.29, 1.82) is 0 Å². The fourth-order valence-corrected chi connectivity index (χ4v) is 9.80. The zero-order valence-corrected chi connectivity index (χ0v) is 18.8. The van der Waals surface area contributed by atoms with Crippen molar-refractivity contribution in [2.75, 3.05) is 0 Å². The molecule has 0 aromatic heterocycles.